The van der Waals surface area contributed by atoms with Gasteiger partial charge in [0.15, 0.2) is 4.96 Å². The molecule has 0 bridgehead atoms. The first-order valence-corrected chi connectivity index (χ1v) is 10.6. The number of rotatable bonds is 5. The van der Waals surface area contributed by atoms with E-state index in [1.165, 1.54) is 17.5 Å². The molecule has 1 fully saturated rings. The average molecular weight is 433 g/mol. The van der Waals surface area contributed by atoms with Crippen molar-refractivity contribution in [3.63, 3.8) is 0 Å². The number of carbonyl (C=O) groups is 1. The number of halogens is 1. The lowest BCUT2D eigenvalue weighted by Crippen LogP contribution is -2.52. The van der Waals surface area contributed by atoms with Gasteiger partial charge in [-0.25, -0.2) is 9.97 Å². The van der Waals surface area contributed by atoms with Crippen molar-refractivity contribution in [3.8, 4) is 0 Å². The molecule has 1 N–H and O–H groups in total. The number of aromatic nitrogens is 3. The van der Waals surface area contributed by atoms with E-state index in [2.05, 4.69) is 25.1 Å². The van der Waals surface area contributed by atoms with Crippen molar-refractivity contribution in [2.24, 2.45) is 0 Å². The smallest absolute Gasteiger partial charge is 0.258 e. The van der Waals surface area contributed by atoms with E-state index in [1.807, 2.05) is 12.3 Å². The molecule has 1 saturated heterocycles. The van der Waals surface area contributed by atoms with Gasteiger partial charge in [-0.3, -0.25) is 23.8 Å². The first kappa shape index (κ1) is 20.0. The van der Waals surface area contributed by atoms with Crippen LogP contribution >= 0.6 is 22.9 Å². The average Bonchev–Trinajstić information content (AvgIpc) is 3.19. The molecule has 0 saturated carbocycles. The molecule has 0 spiro atoms. The van der Waals surface area contributed by atoms with Gasteiger partial charge in [0.05, 0.1) is 16.8 Å². The predicted octanol–water partition coefficient (Wildman–Crippen LogP) is 1.95. The molecule has 0 aliphatic carbocycles. The lowest BCUT2D eigenvalue weighted by Gasteiger charge is -2.37. The van der Waals surface area contributed by atoms with E-state index >= 15 is 0 Å². The third-order valence-electron chi connectivity index (χ3n) is 5.05. The summed E-state index contributed by atoms with van der Waals surface area (Å²) >= 11 is 7.28. The van der Waals surface area contributed by atoms with Crippen LogP contribution in [0.1, 0.15) is 12.6 Å². The van der Waals surface area contributed by atoms with Gasteiger partial charge in [-0.1, -0.05) is 11.6 Å². The second kappa shape index (κ2) is 8.58. The molecule has 1 aliphatic rings. The Labute approximate surface area is 176 Å². The molecule has 1 aliphatic heterocycles. The number of thiazole rings is 1. The number of nitrogens with zero attached hydrogens (tertiary/aromatic N) is 5. The molecule has 8 nitrogen and oxygen atoms in total. The molecule has 1 unspecified atom stereocenters. The monoisotopic (exact) mass is 432 g/mol. The summed E-state index contributed by atoms with van der Waals surface area (Å²) in [4.78, 5) is 38.4. The van der Waals surface area contributed by atoms with E-state index in [9.17, 15) is 9.59 Å². The predicted molar refractivity (Wildman–Crippen MR) is 114 cm³/mol. The summed E-state index contributed by atoms with van der Waals surface area (Å²) in [6.07, 6.45) is 3.25. The number of piperazine rings is 1. The van der Waals surface area contributed by atoms with Crippen molar-refractivity contribution in [1.82, 2.24) is 24.2 Å². The highest BCUT2D eigenvalue weighted by Gasteiger charge is 2.26. The highest BCUT2D eigenvalue weighted by molar-refractivity contribution is 7.15. The Bertz CT molecular complexity index is 1060. The zero-order valence-electron chi connectivity index (χ0n) is 15.9. The van der Waals surface area contributed by atoms with Crippen molar-refractivity contribution < 1.29 is 4.79 Å². The van der Waals surface area contributed by atoms with Gasteiger partial charge < -0.3 is 5.32 Å². The van der Waals surface area contributed by atoms with Crippen LogP contribution in [-0.2, 0) is 11.3 Å². The van der Waals surface area contributed by atoms with Crippen LogP contribution in [0.3, 0.4) is 0 Å². The molecular weight excluding hydrogens is 412 g/mol. The Morgan fingerprint density at radius 3 is 2.83 bits per heavy atom. The van der Waals surface area contributed by atoms with Crippen LogP contribution in [-0.4, -0.2) is 62.3 Å². The van der Waals surface area contributed by atoms with E-state index in [0.29, 0.717) is 22.3 Å². The number of fused-ring (bicyclic) bond motifs is 1. The van der Waals surface area contributed by atoms with Crippen LogP contribution in [0.4, 0.5) is 5.82 Å². The summed E-state index contributed by atoms with van der Waals surface area (Å²) in [5.74, 6) is 0.400. The van der Waals surface area contributed by atoms with Crippen molar-refractivity contribution >= 4 is 39.6 Å². The fraction of sp³-hybridized carbons (Fsp3) is 0.368. The Hall–Kier alpha value is -2.33. The van der Waals surface area contributed by atoms with Gasteiger partial charge in [-0.05, 0) is 19.1 Å². The standard InChI is InChI=1S/C19H21ClN6O2S/c1-13(18(28)23-16-3-2-14(20)11-21-16)25-6-4-24(5-7-25)12-15-10-17(27)26-8-9-29-19(26)22-15/h2-3,8-11,13H,4-7,12H2,1H3,(H,21,23,28). The van der Waals surface area contributed by atoms with Gasteiger partial charge in [0.1, 0.15) is 5.82 Å². The van der Waals surface area contributed by atoms with Gasteiger partial charge in [0.25, 0.3) is 5.56 Å². The number of nitrogens with one attached hydrogen (secondary N) is 1. The Morgan fingerprint density at radius 1 is 1.31 bits per heavy atom. The molecule has 4 heterocycles. The zero-order chi connectivity index (χ0) is 20.4. The molecule has 1 amide bonds. The minimum absolute atomic E-state index is 0.0500. The number of carbonyl (C=O) groups excluding carboxylic acids is 1. The van der Waals surface area contributed by atoms with E-state index in [4.69, 9.17) is 11.6 Å². The van der Waals surface area contributed by atoms with Crippen LogP contribution in [0.2, 0.25) is 5.02 Å². The van der Waals surface area contributed by atoms with Crippen molar-refractivity contribution in [1.29, 1.82) is 0 Å². The van der Waals surface area contributed by atoms with Gasteiger partial charge in [-0.15, -0.1) is 11.3 Å². The zero-order valence-corrected chi connectivity index (χ0v) is 17.5. The molecule has 152 valence electrons. The topological polar surface area (TPSA) is 82.8 Å². The minimum atomic E-state index is -0.264. The maximum Gasteiger partial charge on any atom is 0.258 e. The number of amides is 1. The summed E-state index contributed by atoms with van der Waals surface area (Å²) in [5.41, 5.74) is 0.733. The largest absolute Gasteiger partial charge is 0.309 e. The summed E-state index contributed by atoms with van der Waals surface area (Å²) in [6.45, 7) is 5.68. The molecule has 0 aromatic carbocycles. The van der Waals surface area contributed by atoms with E-state index in [-0.39, 0.29) is 17.5 Å². The van der Waals surface area contributed by atoms with E-state index in [0.717, 1.165) is 31.9 Å². The van der Waals surface area contributed by atoms with Gasteiger partial charge in [0, 0.05) is 56.6 Å². The number of hydrogen-bond acceptors (Lipinski definition) is 7. The molecule has 3 aromatic rings. The highest BCUT2D eigenvalue weighted by Crippen LogP contribution is 2.14. The van der Waals surface area contributed by atoms with Crippen LogP contribution < -0.4 is 10.9 Å². The lowest BCUT2D eigenvalue weighted by molar-refractivity contribution is -0.121. The quantitative estimate of drug-likeness (QED) is 0.663. The Kier molecular flexibility index (Phi) is 5.91. The highest BCUT2D eigenvalue weighted by atomic mass is 35.5. The second-order valence-corrected chi connectivity index (χ2v) is 8.29. The van der Waals surface area contributed by atoms with E-state index < -0.39 is 0 Å². The van der Waals surface area contributed by atoms with Gasteiger partial charge in [0.2, 0.25) is 5.91 Å². The Balaban J connectivity index is 1.31. The molecule has 1 atom stereocenters. The Morgan fingerprint density at radius 2 is 2.10 bits per heavy atom. The van der Waals surface area contributed by atoms with Crippen LogP contribution in [0.5, 0.6) is 0 Å². The second-order valence-electron chi connectivity index (χ2n) is 6.98. The fourth-order valence-corrected chi connectivity index (χ4v) is 4.20. The molecule has 3 aromatic heterocycles. The summed E-state index contributed by atoms with van der Waals surface area (Å²) in [6, 6.07) is 4.72. The summed E-state index contributed by atoms with van der Waals surface area (Å²) in [7, 11) is 0. The van der Waals surface area contributed by atoms with Crippen molar-refractivity contribution in [2.75, 3.05) is 31.5 Å². The van der Waals surface area contributed by atoms with Crippen LogP contribution in [0.25, 0.3) is 4.96 Å². The molecule has 29 heavy (non-hydrogen) atoms. The fourth-order valence-electron chi connectivity index (χ4n) is 3.35. The summed E-state index contributed by atoms with van der Waals surface area (Å²) in [5, 5.41) is 5.22. The van der Waals surface area contributed by atoms with Crippen LogP contribution in [0.15, 0.2) is 40.8 Å². The van der Waals surface area contributed by atoms with Gasteiger partial charge in [-0.2, -0.15) is 0 Å². The third-order valence-corrected chi connectivity index (χ3v) is 6.03. The molecular formula is C19H21ClN6O2S. The van der Waals surface area contributed by atoms with E-state index in [1.54, 1.807) is 28.8 Å². The SMILES string of the molecule is CC(C(=O)Nc1ccc(Cl)cn1)N1CCN(Cc2cc(=O)n3ccsc3n2)CC1. The summed E-state index contributed by atoms with van der Waals surface area (Å²) < 4.78 is 1.56. The number of anilines is 1. The van der Waals surface area contributed by atoms with Crippen LogP contribution in [0, 0.1) is 0 Å². The lowest BCUT2D eigenvalue weighted by atomic mass is 10.2. The maximum atomic E-state index is 12.5. The first-order chi connectivity index (χ1) is 14.0. The third kappa shape index (κ3) is 4.64. The molecule has 0 radical (unpaired) electrons. The van der Waals surface area contributed by atoms with Crippen molar-refractivity contribution in [3.05, 3.63) is 57.0 Å². The number of hydrogen-bond donors (Lipinski definition) is 1. The van der Waals surface area contributed by atoms with Crippen molar-refractivity contribution in [2.45, 2.75) is 19.5 Å². The maximum absolute atomic E-state index is 12.5. The number of pyridine rings is 1. The molecule has 10 heteroatoms. The minimum Gasteiger partial charge on any atom is -0.309 e. The first-order valence-electron chi connectivity index (χ1n) is 9.34. The van der Waals surface area contributed by atoms with Gasteiger partial charge >= 0.3 is 0 Å². The normalized spacial score (nSPS) is 16.8. The molecule has 4 rings (SSSR count).